The fourth-order valence-electron chi connectivity index (χ4n) is 2.67. The van der Waals surface area contributed by atoms with Crippen LogP contribution in [0.4, 0.5) is 5.82 Å². The highest BCUT2D eigenvalue weighted by Gasteiger charge is 2.32. The van der Waals surface area contributed by atoms with Crippen molar-refractivity contribution in [2.45, 2.75) is 32.1 Å². The number of hydrogen-bond donors (Lipinski definition) is 2. The van der Waals surface area contributed by atoms with Gasteiger partial charge in [0.15, 0.2) is 0 Å². The van der Waals surface area contributed by atoms with Crippen molar-refractivity contribution in [1.82, 2.24) is 9.88 Å². The van der Waals surface area contributed by atoms with Crippen molar-refractivity contribution in [1.29, 1.82) is 0 Å². The van der Waals surface area contributed by atoms with Gasteiger partial charge in [0.05, 0.1) is 12.7 Å². The van der Waals surface area contributed by atoms with Crippen LogP contribution in [0.5, 0.6) is 0 Å². The van der Waals surface area contributed by atoms with Gasteiger partial charge in [0.25, 0.3) is 0 Å². The Kier molecular flexibility index (Phi) is 4.39. The molecule has 1 aliphatic rings. The number of likely N-dealkylation sites (N-methyl/N-ethyl adjacent to an activating group) is 1. The number of rotatable bonds is 4. The van der Waals surface area contributed by atoms with Gasteiger partial charge in [0.2, 0.25) is 0 Å². The van der Waals surface area contributed by atoms with Crippen LogP contribution in [-0.2, 0) is 6.61 Å². The summed E-state index contributed by atoms with van der Waals surface area (Å²) in [5, 5.41) is 19.1. The van der Waals surface area contributed by atoms with Crippen LogP contribution in [0.1, 0.15) is 17.7 Å². The summed E-state index contributed by atoms with van der Waals surface area (Å²) in [5.74, 6) is 0.887. The second kappa shape index (κ2) is 5.86. The number of aromatic nitrogens is 1. The number of β-amino-alcohol motifs (C(OH)–C–C–N with tert-alkyl or cyclic N) is 1. The van der Waals surface area contributed by atoms with Gasteiger partial charge in [-0.15, -0.1) is 0 Å². The molecule has 1 aliphatic heterocycles. The second-order valence-electron chi connectivity index (χ2n) is 5.53. The predicted molar refractivity (Wildman–Crippen MR) is 75.2 cm³/mol. The van der Waals surface area contributed by atoms with Crippen molar-refractivity contribution in [2.75, 3.05) is 32.1 Å². The molecule has 1 aromatic rings. The number of hydrogen-bond acceptors (Lipinski definition) is 5. The molecular formula is C14H23N3O2. The molecular weight excluding hydrogens is 242 g/mol. The lowest BCUT2D eigenvalue weighted by molar-refractivity contribution is 0.191. The Morgan fingerprint density at radius 1 is 1.42 bits per heavy atom. The topological polar surface area (TPSA) is 59.8 Å². The van der Waals surface area contributed by atoms with Gasteiger partial charge in [0.1, 0.15) is 5.82 Å². The molecule has 2 rings (SSSR count). The number of anilines is 1. The maximum absolute atomic E-state index is 9.89. The SMILES string of the molecule is Cc1nc(N2CC(O)CC2CN(C)C)ccc1CO. The van der Waals surface area contributed by atoms with E-state index in [1.807, 2.05) is 33.2 Å². The Morgan fingerprint density at radius 2 is 2.16 bits per heavy atom. The third kappa shape index (κ3) is 3.23. The first-order valence-corrected chi connectivity index (χ1v) is 6.68. The largest absolute Gasteiger partial charge is 0.392 e. The number of aryl methyl sites for hydroxylation is 1. The smallest absolute Gasteiger partial charge is 0.129 e. The third-order valence-electron chi connectivity index (χ3n) is 3.61. The van der Waals surface area contributed by atoms with Crippen molar-refractivity contribution >= 4 is 5.82 Å². The van der Waals surface area contributed by atoms with Crippen LogP contribution < -0.4 is 4.90 Å². The van der Waals surface area contributed by atoms with Gasteiger partial charge in [-0.2, -0.15) is 0 Å². The first kappa shape index (κ1) is 14.2. The Balaban J connectivity index is 2.21. The fraction of sp³-hybridized carbons (Fsp3) is 0.643. The molecule has 0 spiro atoms. The molecule has 19 heavy (non-hydrogen) atoms. The molecule has 1 aromatic heterocycles. The lowest BCUT2D eigenvalue weighted by Gasteiger charge is -2.28. The molecule has 1 saturated heterocycles. The van der Waals surface area contributed by atoms with E-state index in [2.05, 4.69) is 14.8 Å². The standard InChI is InChI=1S/C14H23N3O2/c1-10-11(9-18)4-5-14(15-10)17-8-13(19)6-12(17)7-16(2)3/h4-5,12-13,18-19H,6-9H2,1-3H3. The molecule has 0 amide bonds. The van der Waals surface area contributed by atoms with Gasteiger partial charge >= 0.3 is 0 Å². The molecule has 0 aromatic carbocycles. The van der Waals surface area contributed by atoms with Crippen LogP contribution in [0.25, 0.3) is 0 Å². The number of pyridine rings is 1. The van der Waals surface area contributed by atoms with E-state index in [-0.39, 0.29) is 18.8 Å². The van der Waals surface area contributed by atoms with Crippen LogP contribution in [0.15, 0.2) is 12.1 Å². The van der Waals surface area contributed by atoms with Gasteiger partial charge in [-0.3, -0.25) is 0 Å². The highest BCUT2D eigenvalue weighted by atomic mass is 16.3. The zero-order chi connectivity index (χ0) is 14.0. The molecule has 0 aliphatic carbocycles. The minimum atomic E-state index is -0.287. The van der Waals surface area contributed by atoms with E-state index >= 15 is 0 Å². The molecule has 2 heterocycles. The highest BCUT2D eigenvalue weighted by Crippen LogP contribution is 2.25. The molecule has 106 valence electrons. The predicted octanol–water partition coefficient (Wildman–Crippen LogP) is 0.384. The van der Waals surface area contributed by atoms with Crippen LogP contribution in [-0.4, -0.2) is 59.4 Å². The maximum atomic E-state index is 9.89. The number of nitrogens with zero attached hydrogens (tertiary/aromatic N) is 3. The molecule has 1 fully saturated rings. The third-order valence-corrected chi connectivity index (χ3v) is 3.61. The first-order valence-electron chi connectivity index (χ1n) is 6.68. The molecule has 5 heteroatoms. The summed E-state index contributed by atoms with van der Waals surface area (Å²) in [6.45, 7) is 3.45. The Bertz CT molecular complexity index is 437. The molecule has 0 radical (unpaired) electrons. The molecule has 2 N–H and O–H groups in total. The Labute approximate surface area is 114 Å². The monoisotopic (exact) mass is 265 g/mol. The molecule has 0 saturated carbocycles. The molecule has 2 unspecified atom stereocenters. The zero-order valence-corrected chi connectivity index (χ0v) is 11.9. The normalized spacial score (nSPS) is 23.4. The zero-order valence-electron chi connectivity index (χ0n) is 11.9. The quantitative estimate of drug-likeness (QED) is 0.824. The summed E-state index contributed by atoms with van der Waals surface area (Å²) < 4.78 is 0. The van der Waals surface area contributed by atoms with Crippen LogP contribution in [0.3, 0.4) is 0 Å². The highest BCUT2D eigenvalue weighted by molar-refractivity contribution is 5.44. The van der Waals surface area contributed by atoms with E-state index in [0.717, 1.165) is 30.0 Å². The summed E-state index contributed by atoms with van der Waals surface area (Å²) in [5.41, 5.74) is 1.71. The number of aliphatic hydroxyl groups is 2. The summed E-state index contributed by atoms with van der Waals surface area (Å²) in [7, 11) is 4.08. The van der Waals surface area contributed by atoms with Crippen LogP contribution in [0, 0.1) is 6.92 Å². The Morgan fingerprint density at radius 3 is 2.74 bits per heavy atom. The minimum Gasteiger partial charge on any atom is -0.392 e. The average Bonchev–Trinajstić information content (AvgIpc) is 2.69. The van der Waals surface area contributed by atoms with Crippen molar-refractivity contribution < 1.29 is 10.2 Å². The summed E-state index contributed by atoms with van der Waals surface area (Å²) in [4.78, 5) is 8.85. The fourth-order valence-corrected chi connectivity index (χ4v) is 2.67. The number of aliphatic hydroxyl groups excluding tert-OH is 2. The second-order valence-corrected chi connectivity index (χ2v) is 5.53. The molecule has 5 nitrogen and oxygen atoms in total. The maximum Gasteiger partial charge on any atom is 0.129 e. The Hall–Kier alpha value is -1.17. The van der Waals surface area contributed by atoms with Crippen molar-refractivity contribution in [2.24, 2.45) is 0 Å². The average molecular weight is 265 g/mol. The minimum absolute atomic E-state index is 0.0167. The van der Waals surface area contributed by atoms with Gasteiger partial charge in [-0.25, -0.2) is 4.98 Å². The van der Waals surface area contributed by atoms with Crippen molar-refractivity contribution in [3.05, 3.63) is 23.4 Å². The lowest BCUT2D eigenvalue weighted by atomic mass is 10.2. The lowest BCUT2D eigenvalue weighted by Crippen LogP contribution is -2.38. The van der Waals surface area contributed by atoms with E-state index in [1.165, 1.54) is 0 Å². The van der Waals surface area contributed by atoms with Crippen LogP contribution >= 0.6 is 0 Å². The summed E-state index contributed by atoms with van der Waals surface area (Å²) in [6, 6.07) is 4.13. The van der Waals surface area contributed by atoms with Crippen molar-refractivity contribution in [3.63, 3.8) is 0 Å². The van der Waals surface area contributed by atoms with Crippen molar-refractivity contribution in [3.8, 4) is 0 Å². The van der Waals surface area contributed by atoms with E-state index in [1.54, 1.807) is 0 Å². The van der Waals surface area contributed by atoms with Gasteiger partial charge in [-0.05, 0) is 39.1 Å². The van der Waals surface area contributed by atoms with Gasteiger partial charge in [0, 0.05) is 24.8 Å². The molecule has 0 bridgehead atoms. The van der Waals surface area contributed by atoms with E-state index in [9.17, 15) is 10.2 Å². The molecule has 2 atom stereocenters. The van der Waals surface area contributed by atoms with Crippen LogP contribution in [0.2, 0.25) is 0 Å². The first-order chi connectivity index (χ1) is 9.01. The van der Waals surface area contributed by atoms with Gasteiger partial charge < -0.3 is 20.0 Å². The van der Waals surface area contributed by atoms with Gasteiger partial charge in [-0.1, -0.05) is 6.07 Å². The van der Waals surface area contributed by atoms with E-state index in [0.29, 0.717) is 6.54 Å². The van der Waals surface area contributed by atoms with E-state index < -0.39 is 0 Å². The van der Waals surface area contributed by atoms with E-state index in [4.69, 9.17) is 0 Å². The summed E-state index contributed by atoms with van der Waals surface area (Å²) >= 11 is 0. The summed E-state index contributed by atoms with van der Waals surface area (Å²) in [6.07, 6.45) is 0.491.